The minimum absolute atomic E-state index is 0.0393. The summed E-state index contributed by atoms with van der Waals surface area (Å²) in [5.74, 6) is 1.49. The molecule has 1 aromatic carbocycles. The molecule has 0 saturated heterocycles. The van der Waals surface area contributed by atoms with Crippen LogP contribution < -0.4 is 9.47 Å². The highest BCUT2D eigenvalue weighted by molar-refractivity contribution is 5.99. The number of fused-ring (bicyclic) bond motifs is 1. The second kappa shape index (κ2) is 6.86. The topological polar surface area (TPSA) is 38.8 Å². The van der Waals surface area contributed by atoms with Crippen molar-refractivity contribution in [1.82, 2.24) is 4.90 Å². The van der Waals surface area contributed by atoms with Crippen molar-refractivity contribution in [2.45, 2.75) is 46.7 Å². The van der Waals surface area contributed by atoms with Gasteiger partial charge in [-0.3, -0.25) is 4.79 Å². The van der Waals surface area contributed by atoms with Crippen LogP contribution in [0.2, 0.25) is 0 Å². The number of carbonyl (C=O) groups is 1. The van der Waals surface area contributed by atoms with Gasteiger partial charge in [0.1, 0.15) is 6.61 Å². The Morgan fingerprint density at radius 1 is 1.27 bits per heavy atom. The summed E-state index contributed by atoms with van der Waals surface area (Å²) in [5.41, 5.74) is 1.58. The van der Waals surface area contributed by atoms with Gasteiger partial charge in [-0.15, -0.1) is 0 Å². The van der Waals surface area contributed by atoms with Crippen molar-refractivity contribution in [2.24, 2.45) is 0 Å². The molecule has 1 aliphatic heterocycles. The highest BCUT2D eigenvalue weighted by atomic mass is 16.5. The lowest BCUT2D eigenvalue weighted by atomic mass is 10.0. The largest absolute Gasteiger partial charge is 0.490 e. The molecule has 2 rings (SSSR count). The highest BCUT2D eigenvalue weighted by Crippen LogP contribution is 2.36. The van der Waals surface area contributed by atoms with Crippen LogP contribution in [0.1, 0.15) is 40.2 Å². The summed E-state index contributed by atoms with van der Waals surface area (Å²) in [4.78, 5) is 14.6. The zero-order chi connectivity index (χ0) is 16.3. The lowest BCUT2D eigenvalue weighted by Gasteiger charge is -2.32. The molecule has 0 N–H and O–H groups in total. The van der Waals surface area contributed by atoms with Gasteiger partial charge in [0.05, 0.1) is 12.2 Å². The van der Waals surface area contributed by atoms with Gasteiger partial charge in [0.15, 0.2) is 11.5 Å². The molecule has 0 fully saturated rings. The second-order valence-electron chi connectivity index (χ2n) is 5.97. The average molecular weight is 303 g/mol. The molecule has 1 amide bonds. The fourth-order valence-corrected chi connectivity index (χ4v) is 2.80. The van der Waals surface area contributed by atoms with E-state index in [4.69, 9.17) is 9.47 Å². The van der Waals surface area contributed by atoms with Crippen molar-refractivity contribution < 1.29 is 14.3 Å². The van der Waals surface area contributed by atoms with Crippen LogP contribution in [0.25, 0.3) is 6.08 Å². The lowest BCUT2D eigenvalue weighted by Crippen LogP contribution is -2.43. The molecule has 0 bridgehead atoms. The predicted molar refractivity (Wildman–Crippen MR) is 88.2 cm³/mol. The Kier molecular flexibility index (Phi) is 5.11. The zero-order valence-electron chi connectivity index (χ0n) is 14.1. The summed E-state index contributed by atoms with van der Waals surface area (Å²) in [5, 5.41) is 0. The van der Waals surface area contributed by atoms with E-state index in [9.17, 15) is 4.79 Å². The predicted octanol–water partition coefficient (Wildman–Crippen LogP) is 3.51. The summed E-state index contributed by atoms with van der Waals surface area (Å²) < 4.78 is 11.4. The van der Waals surface area contributed by atoms with Crippen LogP contribution >= 0.6 is 0 Å². The van der Waals surface area contributed by atoms with E-state index in [0.29, 0.717) is 12.2 Å². The monoisotopic (exact) mass is 303 g/mol. The van der Waals surface area contributed by atoms with E-state index in [2.05, 4.69) is 0 Å². The first-order valence-corrected chi connectivity index (χ1v) is 7.87. The molecule has 0 spiro atoms. The molecule has 0 aliphatic carbocycles. The number of carbonyl (C=O) groups excluding carboxylic acids is 1. The molecule has 0 unspecified atom stereocenters. The van der Waals surface area contributed by atoms with Gasteiger partial charge in [-0.05, 0) is 46.8 Å². The first-order valence-electron chi connectivity index (χ1n) is 7.87. The summed E-state index contributed by atoms with van der Waals surface area (Å²) in [6.07, 6.45) is 1.92. The van der Waals surface area contributed by atoms with Crippen molar-refractivity contribution >= 4 is 12.0 Å². The van der Waals surface area contributed by atoms with Crippen LogP contribution in [-0.2, 0) is 4.79 Å². The Morgan fingerprint density at radius 2 is 1.95 bits per heavy atom. The van der Waals surface area contributed by atoms with E-state index in [-0.39, 0.29) is 24.6 Å². The molecule has 22 heavy (non-hydrogen) atoms. The van der Waals surface area contributed by atoms with Crippen molar-refractivity contribution in [2.75, 3.05) is 13.2 Å². The molecule has 0 radical (unpaired) electrons. The molecule has 1 aromatic rings. The Hall–Kier alpha value is -1.97. The Morgan fingerprint density at radius 3 is 2.55 bits per heavy atom. The minimum atomic E-state index is 0.0393. The van der Waals surface area contributed by atoms with E-state index in [1.54, 1.807) is 0 Å². The van der Waals surface area contributed by atoms with Gasteiger partial charge in [0.25, 0.3) is 5.91 Å². The number of hydrogen-bond acceptors (Lipinski definition) is 3. The van der Waals surface area contributed by atoms with Gasteiger partial charge in [0, 0.05) is 17.6 Å². The number of amides is 1. The van der Waals surface area contributed by atoms with Crippen LogP contribution in [0.4, 0.5) is 0 Å². The molecular formula is C18H25NO3. The quantitative estimate of drug-likeness (QED) is 0.835. The number of para-hydroxylation sites is 1. The first-order chi connectivity index (χ1) is 10.5. The van der Waals surface area contributed by atoms with E-state index < -0.39 is 0 Å². The summed E-state index contributed by atoms with van der Waals surface area (Å²) >= 11 is 0. The maximum absolute atomic E-state index is 12.7. The molecule has 0 atom stereocenters. The lowest BCUT2D eigenvalue weighted by molar-refractivity contribution is -0.130. The number of nitrogens with zero attached hydrogens (tertiary/aromatic N) is 1. The first kappa shape index (κ1) is 16.4. The average Bonchev–Trinajstić information content (AvgIpc) is 2.46. The second-order valence-corrected chi connectivity index (χ2v) is 5.97. The molecule has 1 aliphatic rings. The Balaban J connectivity index is 2.32. The van der Waals surface area contributed by atoms with Crippen LogP contribution in [0.3, 0.4) is 0 Å². The Bertz CT molecular complexity index is 568. The normalized spacial score (nSPS) is 13.5. The van der Waals surface area contributed by atoms with Crippen LogP contribution in [0.15, 0.2) is 23.8 Å². The summed E-state index contributed by atoms with van der Waals surface area (Å²) in [6, 6.07) is 6.06. The van der Waals surface area contributed by atoms with Crippen LogP contribution in [-0.4, -0.2) is 36.1 Å². The zero-order valence-corrected chi connectivity index (χ0v) is 14.1. The molecular weight excluding hydrogens is 278 g/mol. The minimum Gasteiger partial charge on any atom is -0.490 e. The molecule has 0 saturated carbocycles. The number of rotatable bonds is 5. The maximum Gasteiger partial charge on any atom is 0.253 e. The number of ether oxygens (including phenoxy) is 2. The molecule has 0 aromatic heterocycles. The van der Waals surface area contributed by atoms with Crippen molar-refractivity contribution in [3.63, 3.8) is 0 Å². The third-order valence-corrected chi connectivity index (χ3v) is 3.63. The van der Waals surface area contributed by atoms with Crippen molar-refractivity contribution in [3.05, 3.63) is 29.3 Å². The standard InChI is InChI=1S/C18H25NO3/c1-6-21-16-9-7-8-14-10-15(11-22-17(14)16)18(20)19(12(2)3)13(4)5/h7-10,12-13H,6,11H2,1-5H3. The number of hydrogen-bond donors (Lipinski definition) is 0. The molecule has 120 valence electrons. The third-order valence-electron chi connectivity index (χ3n) is 3.63. The SMILES string of the molecule is CCOc1cccc2c1OCC(C(=O)N(C(C)C)C(C)C)=C2. The molecule has 4 heteroatoms. The van der Waals surface area contributed by atoms with Gasteiger partial charge >= 0.3 is 0 Å². The Labute approximate surface area is 132 Å². The molecule has 1 heterocycles. The van der Waals surface area contributed by atoms with Gasteiger partial charge in [-0.2, -0.15) is 0 Å². The van der Waals surface area contributed by atoms with Crippen LogP contribution in [0.5, 0.6) is 11.5 Å². The van der Waals surface area contributed by atoms with E-state index >= 15 is 0 Å². The maximum atomic E-state index is 12.7. The van der Waals surface area contributed by atoms with E-state index in [1.807, 2.05) is 63.8 Å². The highest BCUT2D eigenvalue weighted by Gasteiger charge is 2.27. The van der Waals surface area contributed by atoms with Gasteiger partial charge in [-0.25, -0.2) is 0 Å². The van der Waals surface area contributed by atoms with E-state index in [1.165, 1.54) is 0 Å². The fourth-order valence-electron chi connectivity index (χ4n) is 2.80. The van der Waals surface area contributed by atoms with Gasteiger partial charge in [-0.1, -0.05) is 12.1 Å². The molecule has 4 nitrogen and oxygen atoms in total. The van der Waals surface area contributed by atoms with Gasteiger partial charge < -0.3 is 14.4 Å². The number of benzene rings is 1. The summed E-state index contributed by atoms with van der Waals surface area (Å²) in [7, 11) is 0. The van der Waals surface area contributed by atoms with Gasteiger partial charge in [0.2, 0.25) is 0 Å². The third kappa shape index (κ3) is 3.26. The van der Waals surface area contributed by atoms with Crippen LogP contribution in [0, 0.1) is 0 Å². The van der Waals surface area contributed by atoms with Crippen molar-refractivity contribution in [3.8, 4) is 11.5 Å². The van der Waals surface area contributed by atoms with E-state index in [0.717, 1.165) is 17.1 Å². The summed E-state index contributed by atoms with van der Waals surface area (Å²) in [6.45, 7) is 10.9. The van der Waals surface area contributed by atoms with Crippen molar-refractivity contribution in [1.29, 1.82) is 0 Å². The smallest absolute Gasteiger partial charge is 0.253 e. The fraction of sp³-hybridized carbons (Fsp3) is 0.500.